The monoisotopic (exact) mass is 382 g/mol. The van der Waals surface area contributed by atoms with Gasteiger partial charge < -0.3 is 14.8 Å². The lowest BCUT2D eigenvalue weighted by Crippen LogP contribution is -2.36. The molecule has 0 atom stereocenters. The highest BCUT2D eigenvalue weighted by molar-refractivity contribution is 5.93. The zero-order valence-corrected chi connectivity index (χ0v) is 15.8. The van der Waals surface area contributed by atoms with Crippen molar-refractivity contribution in [2.24, 2.45) is 0 Å². The Morgan fingerprint density at radius 1 is 1.18 bits per heavy atom. The molecule has 0 fully saturated rings. The second kappa shape index (κ2) is 9.09. The SMILES string of the molecule is COCCn1c(=O)c(C(=O)NCCc2ccc(OC)cc2)nc2cccnc21. The molecule has 3 aromatic rings. The average Bonchev–Trinajstić information content (AvgIpc) is 2.73. The Morgan fingerprint density at radius 2 is 1.96 bits per heavy atom. The molecule has 0 radical (unpaired) electrons. The maximum atomic E-state index is 12.8. The number of carbonyl (C=O) groups is 1. The van der Waals surface area contributed by atoms with Gasteiger partial charge in [-0.3, -0.25) is 14.2 Å². The summed E-state index contributed by atoms with van der Waals surface area (Å²) in [5.41, 5.74) is 1.34. The number of nitrogens with one attached hydrogen (secondary N) is 1. The van der Waals surface area contributed by atoms with E-state index in [2.05, 4.69) is 15.3 Å². The molecule has 146 valence electrons. The van der Waals surface area contributed by atoms with Crippen molar-refractivity contribution in [2.75, 3.05) is 27.4 Å². The number of fused-ring (bicyclic) bond motifs is 1. The van der Waals surface area contributed by atoms with E-state index in [1.807, 2.05) is 24.3 Å². The molecule has 8 nitrogen and oxygen atoms in total. The van der Waals surface area contributed by atoms with E-state index in [4.69, 9.17) is 9.47 Å². The summed E-state index contributed by atoms with van der Waals surface area (Å²) in [7, 11) is 3.16. The van der Waals surface area contributed by atoms with Crippen LogP contribution in [0.25, 0.3) is 11.2 Å². The highest BCUT2D eigenvalue weighted by Gasteiger charge is 2.17. The van der Waals surface area contributed by atoms with Crippen LogP contribution >= 0.6 is 0 Å². The van der Waals surface area contributed by atoms with Gasteiger partial charge in [-0.25, -0.2) is 9.97 Å². The highest BCUT2D eigenvalue weighted by Crippen LogP contribution is 2.11. The molecule has 0 saturated heterocycles. The van der Waals surface area contributed by atoms with Crippen molar-refractivity contribution in [3.63, 3.8) is 0 Å². The van der Waals surface area contributed by atoms with Crippen LogP contribution in [0.15, 0.2) is 47.4 Å². The van der Waals surface area contributed by atoms with Crippen molar-refractivity contribution < 1.29 is 14.3 Å². The van der Waals surface area contributed by atoms with Crippen LogP contribution in [0.2, 0.25) is 0 Å². The first-order valence-corrected chi connectivity index (χ1v) is 8.89. The van der Waals surface area contributed by atoms with Gasteiger partial charge in [-0.2, -0.15) is 0 Å². The average molecular weight is 382 g/mol. The van der Waals surface area contributed by atoms with Crippen molar-refractivity contribution in [1.29, 1.82) is 0 Å². The van der Waals surface area contributed by atoms with E-state index < -0.39 is 11.5 Å². The van der Waals surface area contributed by atoms with Crippen molar-refractivity contribution in [3.05, 3.63) is 64.2 Å². The minimum atomic E-state index is -0.504. The molecule has 28 heavy (non-hydrogen) atoms. The molecule has 0 bridgehead atoms. The number of carbonyl (C=O) groups excluding carboxylic acids is 1. The molecule has 0 saturated carbocycles. The molecule has 0 spiro atoms. The first-order chi connectivity index (χ1) is 13.6. The standard InChI is InChI=1S/C20H22N4O4/c1-27-13-12-24-18-16(4-3-10-21-18)23-17(20(24)26)19(25)22-11-9-14-5-7-15(28-2)8-6-14/h3-8,10H,9,11-13H2,1-2H3,(H,22,25). The third kappa shape index (κ3) is 4.34. The first kappa shape index (κ1) is 19.5. The summed E-state index contributed by atoms with van der Waals surface area (Å²) in [5.74, 6) is 0.272. The Labute approximate surface area is 162 Å². The summed E-state index contributed by atoms with van der Waals surface area (Å²) < 4.78 is 11.6. The third-order valence-corrected chi connectivity index (χ3v) is 4.29. The maximum absolute atomic E-state index is 12.8. The van der Waals surface area contributed by atoms with E-state index in [-0.39, 0.29) is 12.2 Å². The molecule has 0 unspecified atom stereocenters. The van der Waals surface area contributed by atoms with Gasteiger partial charge in [-0.1, -0.05) is 12.1 Å². The predicted molar refractivity (Wildman–Crippen MR) is 105 cm³/mol. The number of hydrogen-bond donors (Lipinski definition) is 1. The van der Waals surface area contributed by atoms with Crippen molar-refractivity contribution in [1.82, 2.24) is 19.9 Å². The van der Waals surface area contributed by atoms with E-state index in [0.29, 0.717) is 30.7 Å². The fraction of sp³-hybridized carbons (Fsp3) is 0.300. The number of hydrogen-bond acceptors (Lipinski definition) is 6. The van der Waals surface area contributed by atoms with Crippen LogP contribution in [0.3, 0.4) is 0 Å². The lowest BCUT2D eigenvalue weighted by molar-refractivity contribution is 0.0947. The molecular formula is C20H22N4O4. The van der Waals surface area contributed by atoms with Gasteiger partial charge in [0.1, 0.15) is 11.3 Å². The van der Waals surface area contributed by atoms with Crippen LogP contribution in [0.1, 0.15) is 16.1 Å². The molecule has 1 amide bonds. The number of nitrogens with zero attached hydrogens (tertiary/aromatic N) is 3. The molecule has 1 N–H and O–H groups in total. The molecular weight excluding hydrogens is 360 g/mol. The molecule has 0 aliphatic rings. The second-order valence-corrected chi connectivity index (χ2v) is 6.11. The molecule has 3 rings (SSSR count). The van der Waals surface area contributed by atoms with Crippen LogP contribution in [0.5, 0.6) is 5.75 Å². The molecule has 2 heterocycles. The number of benzene rings is 1. The number of amides is 1. The van der Waals surface area contributed by atoms with Crippen LogP contribution in [-0.2, 0) is 17.7 Å². The van der Waals surface area contributed by atoms with Gasteiger partial charge >= 0.3 is 0 Å². The van der Waals surface area contributed by atoms with Crippen LogP contribution in [-0.4, -0.2) is 47.8 Å². The van der Waals surface area contributed by atoms with Gasteiger partial charge in [0.2, 0.25) is 0 Å². The lowest BCUT2D eigenvalue weighted by atomic mass is 10.1. The van der Waals surface area contributed by atoms with E-state index in [1.54, 1.807) is 32.5 Å². The minimum absolute atomic E-state index is 0.147. The number of rotatable bonds is 8. The van der Waals surface area contributed by atoms with Gasteiger partial charge in [-0.05, 0) is 36.2 Å². The number of aromatic nitrogens is 3. The fourth-order valence-electron chi connectivity index (χ4n) is 2.81. The van der Waals surface area contributed by atoms with Crippen molar-refractivity contribution in [2.45, 2.75) is 13.0 Å². The summed E-state index contributed by atoms with van der Waals surface area (Å²) >= 11 is 0. The van der Waals surface area contributed by atoms with Gasteiger partial charge in [0.15, 0.2) is 11.3 Å². The van der Waals surface area contributed by atoms with E-state index >= 15 is 0 Å². The topological polar surface area (TPSA) is 95.3 Å². The number of methoxy groups -OCH3 is 2. The Bertz CT molecular complexity index is 1010. The van der Waals surface area contributed by atoms with Gasteiger partial charge in [-0.15, -0.1) is 0 Å². The van der Waals surface area contributed by atoms with Gasteiger partial charge in [0, 0.05) is 19.9 Å². The van der Waals surface area contributed by atoms with E-state index in [0.717, 1.165) is 11.3 Å². The molecule has 8 heteroatoms. The quantitative estimate of drug-likeness (QED) is 0.633. The Balaban J connectivity index is 1.76. The highest BCUT2D eigenvalue weighted by atomic mass is 16.5. The summed E-state index contributed by atoms with van der Waals surface area (Å²) in [6.07, 6.45) is 2.21. The fourth-order valence-corrected chi connectivity index (χ4v) is 2.81. The summed E-state index contributed by atoms with van der Waals surface area (Å²) in [6, 6.07) is 11.0. The molecule has 2 aromatic heterocycles. The van der Waals surface area contributed by atoms with Crippen molar-refractivity contribution >= 4 is 17.1 Å². The number of pyridine rings is 1. The van der Waals surface area contributed by atoms with Crippen LogP contribution in [0, 0.1) is 0 Å². The minimum Gasteiger partial charge on any atom is -0.497 e. The molecule has 0 aliphatic carbocycles. The van der Waals surface area contributed by atoms with Gasteiger partial charge in [0.25, 0.3) is 11.5 Å². The number of ether oxygens (including phenoxy) is 2. The maximum Gasteiger partial charge on any atom is 0.283 e. The zero-order chi connectivity index (χ0) is 19.9. The zero-order valence-electron chi connectivity index (χ0n) is 15.8. The summed E-state index contributed by atoms with van der Waals surface area (Å²) in [5, 5.41) is 2.77. The molecule has 1 aromatic carbocycles. The Hall–Kier alpha value is -3.26. The third-order valence-electron chi connectivity index (χ3n) is 4.29. The smallest absolute Gasteiger partial charge is 0.283 e. The second-order valence-electron chi connectivity index (χ2n) is 6.11. The van der Waals surface area contributed by atoms with Crippen molar-refractivity contribution in [3.8, 4) is 5.75 Å². The van der Waals surface area contributed by atoms with E-state index in [1.165, 1.54) is 4.57 Å². The molecule has 0 aliphatic heterocycles. The van der Waals surface area contributed by atoms with Crippen LogP contribution < -0.4 is 15.6 Å². The Kier molecular flexibility index (Phi) is 6.33. The van der Waals surface area contributed by atoms with Crippen LogP contribution in [0.4, 0.5) is 0 Å². The summed E-state index contributed by atoms with van der Waals surface area (Å²) in [4.78, 5) is 33.8. The first-order valence-electron chi connectivity index (χ1n) is 8.89. The normalized spacial score (nSPS) is 10.8. The lowest BCUT2D eigenvalue weighted by Gasteiger charge is -2.11. The van der Waals surface area contributed by atoms with E-state index in [9.17, 15) is 9.59 Å². The Morgan fingerprint density at radius 3 is 2.68 bits per heavy atom. The van der Waals surface area contributed by atoms with Gasteiger partial charge in [0.05, 0.1) is 20.3 Å². The predicted octanol–water partition coefficient (Wildman–Crippen LogP) is 1.42. The largest absolute Gasteiger partial charge is 0.497 e. The summed E-state index contributed by atoms with van der Waals surface area (Å²) in [6.45, 7) is 1.00.